The summed E-state index contributed by atoms with van der Waals surface area (Å²) in [5, 5.41) is 0. The average molecular weight is 465 g/mol. The van der Waals surface area contributed by atoms with Crippen molar-refractivity contribution in [3.05, 3.63) is 95.3 Å². The van der Waals surface area contributed by atoms with Gasteiger partial charge in [-0.15, -0.1) is 0 Å². The Morgan fingerprint density at radius 3 is 2.26 bits per heavy atom. The molecule has 0 radical (unpaired) electrons. The molecular formula is C30H31F3O. The lowest BCUT2D eigenvalue weighted by molar-refractivity contribution is -0.0207. The van der Waals surface area contributed by atoms with E-state index in [4.69, 9.17) is 4.74 Å². The number of allylic oxidation sites excluding steroid dienone is 2. The van der Waals surface area contributed by atoms with Crippen LogP contribution in [0.2, 0.25) is 0 Å². The first kappa shape index (κ1) is 24.3. The van der Waals surface area contributed by atoms with Crippen LogP contribution in [0, 0.1) is 23.4 Å². The third-order valence-corrected chi connectivity index (χ3v) is 6.77. The van der Waals surface area contributed by atoms with Gasteiger partial charge in [0.05, 0.1) is 12.7 Å². The Kier molecular flexibility index (Phi) is 7.89. The zero-order chi connectivity index (χ0) is 24.1. The number of hydrogen-bond acceptors (Lipinski definition) is 1. The Hall–Kier alpha value is -2.85. The molecule has 1 nitrogen and oxygen atoms in total. The van der Waals surface area contributed by atoms with Gasteiger partial charge in [0.15, 0.2) is 11.6 Å². The maximum atomic E-state index is 15.0. The van der Waals surface area contributed by atoms with Crippen molar-refractivity contribution in [2.45, 2.75) is 52.1 Å². The van der Waals surface area contributed by atoms with Crippen LogP contribution in [0.3, 0.4) is 0 Å². The van der Waals surface area contributed by atoms with E-state index >= 15 is 0 Å². The van der Waals surface area contributed by atoms with E-state index in [9.17, 15) is 13.2 Å². The van der Waals surface area contributed by atoms with Gasteiger partial charge in [-0.05, 0) is 73.3 Å². The van der Waals surface area contributed by atoms with E-state index < -0.39 is 11.6 Å². The monoisotopic (exact) mass is 464 g/mol. The number of hydrogen-bond donors (Lipinski definition) is 0. The fraction of sp³-hybridized carbons (Fsp3) is 0.333. The van der Waals surface area contributed by atoms with Gasteiger partial charge in [-0.1, -0.05) is 67.6 Å². The van der Waals surface area contributed by atoms with E-state index in [1.54, 1.807) is 43.3 Å². The standard InChI is InChI=1S/C30H31F3O/c1-3-5-6-7-20-8-17-28(34-19-20)26-16-14-24(18-27(26)31)22-9-11-23(12-10-22)25-15-13-21(4-2)29(32)30(25)33/h3,5,9-16,18,20,28H,4,6-8,17,19H2,1-2H3/b5-3+. The van der Waals surface area contributed by atoms with E-state index in [0.29, 0.717) is 35.6 Å². The highest BCUT2D eigenvalue weighted by atomic mass is 19.2. The molecule has 3 aromatic rings. The highest BCUT2D eigenvalue weighted by Crippen LogP contribution is 2.35. The van der Waals surface area contributed by atoms with Crippen LogP contribution in [0.15, 0.2) is 66.7 Å². The summed E-state index contributed by atoms with van der Waals surface area (Å²) in [4.78, 5) is 0. The average Bonchev–Trinajstić information content (AvgIpc) is 2.86. The molecule has 1 fully saturated rings. The lowest BCUT2D eigenvalue weighted by atomic mass is 9.90. The second kappa shape index (κ2) is 11.1. The largest absolute Gasteiger partial charge is 0.373 e. The minimum absolute atomic E-state index is 0.210. The highest BCUT2D eigenvalue weighted by molar-refractivity contribution is 5.71. The quantitative estimate of drug-likeness (QED) is 0.317. The lowest BCUT2D eigenvalue weighted by Crippen LogP contribution is -2.21. The van der Waals surface area contributed by atoms with E-state index in [-0.39, 0.29) is 17.5 Å². The molecule has 0 aromatic heterocycles. The molecule has 1 saturated heterocycles. The smallest absolute Gasteiger partial charge is 0.166 e. The van der Waals surface area contributed by atoms with Crippen LogP contribution in [-0.2, 0) is 11.2 Å². The summed E-state index contributed by atoms with van der Waals surface area (Å²) in [7, 11) is 0. The summed E-state index contributed by atoms with van der Waals surface area (Å²) in [5.41, 5.74) is 3.32. The Morgan fingerprint density at radius 2 is 1.62 bits per heavy atom. The first-order chi connectivity index (χ1) is 16.5. The predicted molar refractivity (Wildman–Crippen MR) is 132 cm³/mol. The summed E-state index contributed by atoms with van der Waals surface area (Å²) < 4.78 is 49.7. The third kappa shape index (κ3) is 5.28. The fourth-order valence-corrected chi connectivity index (χ4v) is 4.67. The molecule has 2 atom stereocenters. The molecule has 0 N–H and O–H groups in total. The van der Waals surface area contributed by atoms with Crippen LogP contribution in [0.4, 0.5) is 13.2 Å². The first-order valence-electron chi connectivity index (χ1n) is 12.1. The Balaban J connectivity index is 1.46. The van der Waals surface area contributed by atoms with Gasteiger partial charge < -0.3 is 4.74 Å². The van der Waals surface area contributed by atoms with Gasteiger partial charge in [-0.25, -0.2) is 13.2 Å². The summed E-state index contributed by atoms with van der Waals surface area (Å²) in [6.07, 6.45) is 8.50. The van der Waals surface area contributed by atoms with E-state index in [2.05, 4.69) is 12.2 Å². The zero-order valence-corrected chi connectivity index (χ0v) is 19.8. The van der Waals surface area contributed by atoms with Gasteiger partial charge in [-0.3, -0.25) is 0 Å². The van der Waals surface area contributed by atoms with Crippen molar-refractivity contribution in [3.8, 4) is 22.3 Å². The minimum Gasteiger partial charge on any atom is -0.373 e. The molecule has 2 unspecified atom stereocenters. The number of benzene rings is 3. The molecule has 0 amide bonds. The molecule has 0 spiro atoms. The van der Waals surface area contributed by atoms with E-state index in [1.807, 2.05) is 19.1 Å². The molecule has 178 valence electrons. The fourth-order valence-electron chi connectivity index (χ4n) is 4.67. The van der Waals surface area contributed by atoms with Crippen LogP contribution < -0.4 is 0 Å². The molecular weight excluding hydrogens is 433 g/mol. The molecule has 1 aliphatic heterocycles. The Labute approximate surface area is 200 Å². The van der Waals surface area contributed by atoms with Crippen molar-refractivity contribution < 1.29 is 17.9 Å². The minimum atomic E-state index is -0.834. The predicted octanol–water partition coefficient (Wildman–Crippen LogP) is 8.82. The van der Waals surface area contributed by atoms with Gasteiger partial charge in [0, 0.05) is 11.1 Å². The highest BCUT2D eigenvalue weighted by Gasteiger charge is 2.25. The number of halogens is 3. The molecule has 0 saturated carbocycles. The number of aryl methyl sites for hydroxylation is 1. The maximum absolute atomic E-state index is 15.0. The zero-order valence-electron chi connectivity index (χ0n) is 19.8. The van der Waals surface area contributed by atoms with Gasteiger partial charge in [0.25, 0.3) is 0 Å². The second-order valence-corrected chi connectivity index (χ2v) is 8.98. The molecule has 4 heteroatoms. The molecule has 4 rings (SSSR count). The van der Waals surface area contributed by atoms with Gasteiger partial charge in [0.1, 0.15) is 5.82 Å². The van der Waals surface area contributed by atoms with Crippen molar-refractivity contribution in [1.29, 1.82) is 0 Å². The van der Waals surface area contributed by atoms with E-state index in [0.717, 1.165) is 36.8 Å². The van der Waals surface area contributed by atoms with Crippen LogP contribution in [0.5, 0.6) is 0 Å². The van der Waals surface area contributed by atoms with Crippen LogP contribution in [-0.4, -0.2) is 6.61 Å². The second-order valence-electron chi connectivity index (χ2n) is 8.98. The molecule has 0 aliphatic carbocycles. The molecule has 3 aromatic carbocycles. The third-order valence-electron chi connectivity index (χ3n) is 6.77. The van der Waals surface area contributed by atoms with Crippen molar-refractivity contribution >= 4 is 0 Å². The van der Waals surface area contributed by atoms with Crippen molar-refractivity contribution in [3.63, 3.8) is 0 Å². The lowest BCUT2D eigenvalue weighted by Gasteiger charge is -2.29. The van der Waals surface area contributed by atoms with Crippen molar-refractivity contribution in [2.24, 2.45) is 5.92 Å². The van der Waals surface area contributed by atoms with Crippen LogP contribution in [0.25, 0.3) is 22.3 Å². The SMILES string of the molecule is C/C=C/CCC1CCC(c2ccc(-c3ccc(-c4ccc(CC)c(F)c4F)cc3)cc2F)OC1. The maximum Gasteiger partial charge on any atom is 0.166 e. The normalized spacial score (nSPS) is 18.5. The molecule has 1 heterocycles. The first-order valence-corrected chi connectivity index (χ1v) is 12.1. The van der Waals surface area contributed by atoms with Gasteiger partial charge >= 0.3 is 0 Å². The summed E-state index contributed by atoms with van der Waals surface area (Å²) >= 11 is 0. The van der Waals surface area contributed by atoms with Crippen LogP contribution in [0.1, 0.15) is 56.8 Å². The Bertz CT molecular complexity index is 1140. The Morgan fingerprint density at radius 1 is 0.882 bits per heavy atom. The molecule has 0 bridgehead atoms. The topological polar surface area (TPSA) is 9.23 Å². The van der Waals surface area contributed by atoms with E-state index in [1.165, 1.54) is 6.07 Å². The molecule has 1 aliphatic rings. The number of ether oxygens (including phenoxy) is 1. The number of rotatable bonds is 7. The molecule has 34 heavy (non-hydrogen) atoms. The van der Waals surface area contributed by atoms with Gasteiger partial charge in [-0.2, -0.15) is 0 Å². The van der Waals surface area contributed by atoms with Crippen molar-refractivity contribution in [2.75, 3.05) is 6.61 Å². The van der Waals surface area contributed by atoms with Crippen LogP contribution >= 0.6 is 0 Å². The van der Waals surface area contributed by atoms with Crippen molar-refractivity contribution in [1.82, 2.24) is 0 Å². The summed E-state index contributed by atoms with van der Waals surface area (Å²) in [5.74, 6) is -1.37. The summed E-state index contributed by atoms with van der Waals surface area (Å²) in [6.45, 7) is 4.49. The van der Waals surface area contributed by atoms with Gasteiger partial charge in [0.2, 0.25) is 0 Å². The summed E-state index contributed by atoms with van der Waals surface area (Å²) in [6, 6.07) is 15.5.